The largest absolute Gasteiger partial charge is 0.394 e. The van der Waals surface area contributed by atoms with E-state index in [4.69, 9.17) is 4.74 Å². The maximum absolute atomic E-state index is 12.2. The lowest BCUT2D eigenvalue weighted by Gasteiger charge is -2.14. The summed E-state index contributed by atoms with van der Waals surface area (Å²) in [5.74, 6) is 0.132. The molecular weight excluding hydrogens is 384 g/mol. The summed E-state index contributed by atoms with van der Waals surface area (Å²) in [6.45, 7) is -0.297. The van der Waals surface area contributed by atoms with Crippen LogP contribution in [0, 0.1) is 0 Å². The van der Waals surface area contributed by atoms with Crippen LogP contribution in [0.1, 0.15) is 12.6 Å². The average molecular weight is 401 g/mol. The molecule has 3 rings (SSSR count). The predicted octanol–water partition coefficient (Wildman–Crippen LogP) is -0.256. The molecule has 0 radical (unpaired) electrons. The minimum absolute atomic E-state index is 0.132. The molecule has 1 aliphatic rings. The van der Waals surface area contributed by atoms with Gasteiger partial charge in [-0.1, -0.05) is 0 Å². The van der Waals surface area contributed by atoms with Crippen molar-refractivity contribution in [2.45, 2.75) is 24.9 Å². The van der Waals surface area contributed by atoms with E-state index in [1.807, 2.05) is 0 Å². The summed E-state index contributed by atoms with van der Waals surface area (Å²) in [6, 6.07) is 0. The summed E-state index contributed by atoms with van der Waals surface area (Å²) in [5.41, 5.74) is -0.00820. The second-order valence-corrected chi connectivity index (χ2v) is 6.34. The third-order valence-corrected chi connectivity index (χ3v) is 4.14. The van der Waals surface area contributed by atoms with Crippen molar-refractivity contribution >= 4 is 39.4 Å². The highest BCUT2D eigenvalue weighted by Crippen LogP contribution is 2.33. The lowest BCUT2D eigenvalue weighted by atomic mass is 10.2. The SMILES string of the molecule is CN(C)C=Nc1nc2c(nc(Br)n2[C@H]2C[C@H](O)[C@@H](CO)O2)c(=O)[nH]1. The topological polar surface area (TPSA) is 129 Å². The van der Waals surface area contributed by atoms with Crippen molar-refractivity contribution in [3.05, 3.63) is 15.1 Å². The first-order valence-corrected chi connectivity index (χ1v) is 8.02. The van der Waals surface area contributed by atoms with Gasteiger partial charge in [0.1, 0.15) is 12.3 Å². The van der Waals surface area contributed by atoms with Gasteiger partial charge in [-0.15, -0.1) is 0 Å². The first kappa shape index (κ1) is 17.0. The lowest BCUT2D eigenvalue weighted by Crippen LogP contribution is -2.24. The molecule has 0 spiro atoms. The summed E-state index contributed by atoms with van der Waals surface area (Å²) in [6.07, 6.45) is -0.334. The molecule has 24 heavy (non-hydrogen) atoms. The third-order valence-electron chi connectivity index (χ3n) is 3.58. The van der Waals surface area contributed by atoms with Gasteiger partial charge < -0.3 is 19.8 Å². The van der Waals surface area contributed by atoms with Gasteiger partial charge in [0.15, 0.2) is 15.9 Å². The summed E-state index contributed by atoms with van der Waals surface area (Å²) in [4.78, 5) is 29.0. The monoisotopic (exact) mass is 400 g/mol. The molecule has 11 heteroatoms. The molecule has 0 bridgehead atoms. The fraction of sp³-hybridized carbons (Fsp3) is 0.538. The van der Waals surface area contributed by atoms with Gasteiger partial charge >= 0.3 is 0 Å². The van der Waals surface area contributed by atoms with Crippen molar-refractivity contribution in [2.75, 3.05) is 20.7 Å². The number of aromatic amines is 1. The first-order chi connectivity index (χ1) is 11.4. The number of aliphatic hydroxyl groups excluding tert-OH is 2. The number of aliphatic hydroxyl groups is 2. The molecule has 0 amide bonds. The van der Waals surface area contributed by atoms with Gasteiger partial charge in [-0.05, 0) is 15.9 Å². The van der Waals surface area contributed by atoms with E-state index in [0.717, 1.165) is 0 Å². The summed E-state index contributed by atoms with van der Waals surface area (Å²) < 4.78 is 7.54. The molecule has 3 atom stereocenters. The van der Waals surface area contributed by atoms with Crippen LogP contribution in [-0.2, 0) is 4.74 Å². The number of imidazole rings is 1. The zero-order valence-corrected chi connectivity index (χ0v) is 14.6. The molecule has 2 aromatic rings. The van der Waals surface area contributed by atoms with Crippen LogP contribution in [0.15, 0.2) is 14.5 Å². The van der Waals surface area contributed by atoms with Crippen molar-refractivity contribution < 1.29 is 14.9 Å². The van der Waals surface area contributed by atoms with E-state index < -0.39 is 24.0 Å². The number of H-pyrrole nitrogens is 1. The van der Waals surface area contributed by atoms with Crippen molar-refractivity contribution in [3.8, 4) is 0 Å². The van der Waals surface area contributed by atoms with Gasteiger partial charge in [0, 0.05) is 20.5 Å². The third kappa shape index (κ3) is 3.07. The van der Waals surface area contributed by atoms with Crippen LogP contribution in [0.5, 0.6) is 0 Å². The van der Waals surface area contributed by atoms with Crippen molar-refractivity contribution in [1.82, 2.24) is 24.4 Å². The Bertz CT molecular complexity index is 832. The highest BCUT2D eigenvalue weighted by atomic mass is 79.9. The smallest absolute Gasteiger partial charge is 0.280 e. The quantitative estimate of drug-likeness (QED) is 0.366. The highest BCUT2D eigenvalue weighted by molar-refractivity contribution is 9.10. The maximum atomic E-state index is 12.2. The Morgan fingerprint density at radius 3 is 2.92 bits per heavy atom. The molecule has 1 saturated heterocycles. The number of hydrogen-bond donors (Lipinski definition) is 3. The standard InChI is InChI=1S/C13H17BrN6O4/c1-19(2)5-15-13-17-10-9(11(23)18-13)16-12(14)20(10)8-3-6(22)7(4-21)24-8/h5-8,21-22H,3-4H2,1-2H3,(H,17,18,23)/t6-,7+,8+/m0/s1. The molecule has 3 heterocycles. The van der Waals surface area contributed by atoms with Crippen LogP contribution >= 0.6 is 15.9 Å². The van der Waals surface area contributed by atoms with E-state index in [9.17, 15) is 15.0 Å². The maximum Gasteiger partial charge on any atom is 0.280 e. The molecule has 2 aromatic heterocycles. The van der Waals surface area contributed by atoms with Crippen molar-refractivity contribution in [1.29, 1.82) is 0 Å². The Balaban J connectivity index is 2.08. The van der Waals surface area contributed by atoms with E-state index in [1.54, 1.807) is 23.6 Å². The number of nitrogens with zero attached hydrogens (tertiary/aromatic N) is 5. The van der Waals surface area contributed by atoms with Crippen LogP contribution in [0.3, 0.4) is 0 Å². The number of nitrogens with one attached hydrogen (secondary N) is 1. The van der Waals surface area contributed by atoms with Gasteiger partial charge in [-0.25, -0.2) is 9.98 Å². The number of ether oxygens (including phenoxy) is 1. The molecule has 0 aliphatic carbocycles. The van der Waals surface area contributed by atoms with Gasteiger partial charge in [0.2, 0.25) is 5.95 Å². The highest BCUT2D eigenvalue weighted by Gasteiger charge is 2.36. The second-order valence-electron chi connectivity index (χ2n) is 5.64. The Hall–Kier alpha value is -1.82. The van der Waals surface area contributed by atoms with Crippen molar-refractivity contribution in [3.63, 3.8) is 0 Å². The normalized spacial score (nSPS) is 24.3. The van der Waals surface area contributed by atoms with E-state index in [1.165, 1.54) is 6.34 Å². The number of rotatable bonds is 4. The number of aliphatic imine (C=N–C) groups is 1. The molecular formula is C13H17BrN6O4. The molecule has 1 fully saturated rings. The average Bonchev–Trinajstić information content (AvgIpc) is 3.04. The summed E-state index contributed by atoms with van der Waals surface area (Å²) in [7, 11) is 3.59. The zero-order valence-electron chi connectivity index (χ0n) is 13.0. The number of hydrogen-bond acceptors (Lipinski definition) is 7. The second kappa shape index (κ2) is 6.59. The minimum atomic E-state index is -0.808. The number of halogens is 1. The Kier molecular flexibility index (Phi) is 4.67. The van der Waals surface area contributed by atoms with Crippen molar-refractivity contribution in [2.24, 2.45) is 4.99 Å². The van der Waals surface area contributed by atoms with Gasteiger partial charge in [0.25, 0.3) is 5.56 Å². The fourth-order valence-corrected chi connectivity index (χ4v) is 3.04. The van der Waals surface area contributed by atoms with Gasteiger partial charge in [-0.3, -0.25) is 14.3 Å². The zero-order chi connectivity index (χ0) is 17.4. The van der Waals surface area contributed by atoms with E-state index in [0.29, 0.717) is 4.73 Å². The van der Waals surface area contributed by atoms with Crippen LogP contribution in [0.25, 0.3) is 11.2 Å². The molecule has 0 unspecified atom stereocenters. The van der Waals surface area contributed by atoms with Crippen LogP contribution in [0.4, 0.5) is 5.95 Å². The van der Waals surface area contributed by atoms with E-state index in [2.05, 4.69) is 35.9 Å². The minimum Gasteiger partial charge on any atom is -0.394 e. The number of aromatic nitrogens is 4. The first-order valence-electron chi connectivity index (χ1n) is 7.23. The molecule has 130 valence electrons. The lowest BCUT2D eigenvalue weighted by molar-refractivity contribution is -0.0439. The predicted molar refractivity (Wildman–Crippen MR) is 89.3 cm³/mol. The van der Waals surface area contributed by atoms with Crippen LogP contribution in [0.2, 0.25) is 0 Å². The van der Waals surface area contributed by atoms with E-state index >= 15 is 0 Å². The molecule has 0 saturated carbocycles. The number of fused-ring (bicyclic) bond motifs is 1. The van der Waals surface area contributed by atoms with Gasteiger partial charge in [0.05, 0.1) is 19.0 Å². The van der Waals surface area contributed by atoms with Crippen LogP contribution in [-0.4, -0.2) is 73.9 Å². The summed E-state index contributed by atoms with van der Waals surface area (Å²) >= 11 is 3.29. The molecule has 10 nitrogen and oxygen atoms in total. The summed E-state index contributed by atoms with van der Waals surface area (Å²) in [5, 5.41) is 19.2. The Morgan fingerprint density at radius 1 is 1.54 bits per heavy atom. The molecule has 0 aromatic carbocycles. The van der Waals surface area contributed by atoms with Gasteiger partial charge in [-0.2, -0.15) is 4.98 Å². The van der Waals surface area contributed by atoms with Crippen LogP contribution < -0.4 is 5.56 Å². The Morgan fingerprint density at radius 2 is 2.29 bits per heavy atom. The molecule has 3 N–H and O–H groups in total. The Labute approximate surface area is 144 Å². The van der Waals surface area contributed by atoms with E-state index in [-0.39, 0.29) is 30.1 Å². The molecule has 1 aliphatic heterocycles. The fourth-order valence-electron chi connectivity index (χ4n) is 2.47.